The molecule has 0 aliphatic carbocycles. The largest absolute Gasteiger partial charge is 0.480 e. The van der Waals surface area contributed by atoms with Gasteiger partial charge in [-0.2, -0.15) is 0 Å². The molecule has 0 amide bonds. The van der Waals surface area contributed by atoms with Crippen molar-refractivity contribution in [1.82, 2.24) is 0 Å². The number of hydrogen-bond donors (Lipinski definition) is 8. The summed E-state index contributed by atoms with van der Waals surface area (Å²) in [6.45, 7) is 0.552. The second kappa shape index (κ2) is 16.7. The molecule has 13 heteroatoms. The average Bonchev–Trinajstić information content (AvgIpc) is 2.85. The molecule has 0 saturated heterocycles. The number of hydrogen-bond acceptors (Lipinski definition) is 8. The first-order valence-electron chi connectivity index (χ1n) is 12.8. The molecule has 0 aliphatic rings. The van der Waals surface area contributed by atoms with E-state index in [-0.39, 0.29) is 12.8 Å². The van der Waals surface area contributed by atoms with E-state index < -0.39 is 48.0 Å². The maximum Gasteiger partial charge on any atom is 0.320 e. The van der Waals surface area contributed by atoms with Gasteiger partial charge in [-0.05, 0) is 63.4 Å². The van der Waals surface area contributed by atoms with Crippen LogP contribution in [-0.2, 0) is 45.0 Å². The summed E-state index contributed by atoms with van der Waals surface area (Å²) >= 11 is 0. The predicted molar refractivity (Wildman–Crippen MR) is 137 cm³/mol. The Morgan fingerprint density at radius 3 is 1.34 bits per heavy atom. The van der Waals surface area contributed by atoms with E-state index in [0.29, 0.717) is 64.3 Å². The third-order valence-electron chi connectivity index (χ3n) is 6.51. The SMILES string of the molecule is N[C@@H](CCCCc1c(CC[C@H](N)C(=O)O)c[n+](CCCC[C@H](N)C(=O)O)cc1CC[C@H](N)C(=O)O)C(=O)O. The van der Waals surface area contributed by atoms with Crippen LogP contribution in [0.25, 0.3) is 0 Å². The van der Waals surface area contributed by atoms with Gasteiger partial charge in [0.1, 0.15) is 30.7 Å². The Morgan fingerprint density at radius 2 is 0.947 bits per heavy atom. The highest BCUT2D eigenvalue weighted by Crippen LogP contribution is 2.21. The van der Waals surface area contributed by atoms with E-state index in [1.54, 1.807) is 0 Å². The summed E-state index contributed by atoms with van der Waals surface area (Å²) in [4.78, 5) is 44.5. The number of unbranched alkanes of at least 4 members (excludes halogenated alkanes) is 2. The van der Waals surface area contributed by atoms with Crippen molar-refractivity contribution in [1.29, 1.82) is 0 Å². The fourth-order valence-electron chi connectivity index (χ4n) is 4.12. The number of carbonyl (C=O) groups is 4. The summed E-state index contributed by atoms with van der Waals surface area (Å²) in [6.07, 6.45) is 8.58. The van der Waals surface area contributed by atoms with Crippen LogP contribution in [0.3, 0.4) is 0 Å². The highest BCUT2D eigenvalue weighted by atomic mass is 16.4. The van der Waals surface area contributed by atoms with E-state index in [0.717, 1.165) is 16.7 Å². The maximum atomic E-state index is 11.3. The van der Waals surface area contributed by atoms with Gasteiger partial charge in [-0.1, -0.05) is 6.42 Å². The van der Waals surface area contributed by atoms with E-state index >= 15 is 0 Å². The lowest BCUT2D eigenvalue weighted by atomic mass is 9.91. The number of aliphatic carboxylic acids is 4. The monoisotopic (exact) mass is 540 g/mol. The van der Waals surface area contributed by atoms with Crippen molar-refractivity contribution in [3.05, 3.63) is 29.1 Å². The fourth-order valence-corrected chi connectivity index (χ4v) is 4.12. The van der Waals surface area contributed by atoms with Gasteiger partial charge < -0.3 is 43.4 Å². The summed E-state index contributed by atoms with van der Waals surface area (Å²) < 4.78 is 1.93. The molecule has 1 aromatic heterocycles. The molecule has 0 unspecified atom stereocenters. The minimum Gasteiger partial charge on any atom is -0.480 e. The smallest absolute Gasteiger partial charge is 0.320 e. The van der Waals surface area contributed by atoms with Gasteiger partial charge in [0.25, 0.3) is 0 Å². The zero-order chi connectivity index (χ0) is 28.8. The molecular formula is C25H42N5O8+. The van der Waals surface area contributed by atoms with E-state index in [4.69, 9.17) is 33.1 Å². The second-order valence-electron chi connectivity index (χ2n) is 9.62. The van der Waals surface area contributed by atoms with Gasteiger partial charge in [0, 0.05) is 17.5 Å². The molecular weight excluding hydrogens is 498 g/mol. The Morgan fingerprint density at radius 1 is 0.579 bits per heavy atom. The summed E-state index contributed by atoms with van der Waals surface area (Å²) in [5.41, 5.74) is 25.3. The molecule has 13 nitrogen and oxygen atoms in total. The van der Waals surface area contributed by atoms with Crippen molar-refractivity contribution in [2.75, 3.05) is 0 Å². The van der Waals surface area contributed by atoms with Crippen LogP contribution in [0.15, 0.2) is 12.4 Å². The average molecular weight is 541 g/mol. The van der Waals surface area contributed by atoms with Gasteiger partial charge in [0.2, 0.25) is 0 Å². The molecule has 12 N–H and O–H groups in total. The number of nitrogens with two attached hydrogens (primary N) is 4. The van der Waals surface area contributed by atoms with E-state index in [9.17, 15) is 29.4 Å². The molecule has 0 fully saturated rings. The first kappa shape index (κ1) is 32.9. The van der Waals surface area contributed by atoms with Gasteiger partial charge in [-0.25, -0.2) is 4.57 Å². The van der Waals surface area contributed by atoms with Crippen molar-refractivity contribution in [3.8, 4) is 0 Å². The second-order valence-corrected chi connectivity index (χ2v) is 9.62. The molecule has 1 aromatic rings. The highest BCUT2D eigenvalue weighted by Gasteiger charge is 2.21. The number of nitrogens with zero attached hydrogens (tertiary/aromatic N) is 1. The molecule has 38 heavy (non-hydrogen) atoms. The number of pyridine rings is 1. The van der Waals surface area contributed by atoms with Gasteiger partial charge in [-0.3, -0.25) is 19.2 Å². The number of aryl methyl sites for hydroxylation is 3. The first-order chi connectivity index (χ1) is 17.8. The molecule has 1 rings (SSSR count). The van der Waals surface area contributed by atoms with Gasteiger partial charge in [0.05, 0.1) is 0 Å². The van der Waals surface area contributed by atoms with Crippen LogP contribution in [0.4, 0.5) is 0 Å². The Hall–Kier alpha value is -3.13. The van der Waals surface area contributed by atoms with Crippen LogP contribution in [0.5, 0.6) is 0 Å². The van der Waals surface area contributed by atoms with Crippen molar-refractivity contribution in [2.45, 2.75) is 101 Å². The normalized spacial score (nSPS) is 14.4. The third-order valence-corrected chi connectivity index (χ3v) is 6.51. The number of carboxylic acid groups (broad SMARTS) is 4. The van der Waals surface area contributed by atoms with E-state index in [1.165, 1.54) is 0 Å². The summed E-state index contributed by atoms with van der Waals surface area (Å²) in [5.74, 6) is -4.34. The molecule has 0 bridgehead atoms. The zero-order valence-electron chi connectivity index (χ0n) is 21.6. The lowest BCUT2D eigenvalue weighted by Crippen LogP contribution is -2.37. The molecule has 1 heterocycles. The van der Waals surface area contributed by atoms with Crippen LogP contribution in [0.1, 0.15) is 68.1 Å². The standard InChI is InChI=1S/C25H41N5O8/c26-18(22(31)32)6-2-1-5-17-15(8-10-20(28)24(35)36)13-30(12-4-3-7-19(27)23(33)34)14-16(17)9-11-21(29)25(37)38/h13-14,18-21H,1-12,26-29H2,(H3-,31,32,33,34,35,36,37,38)/p+1/t18-,19-,20-,21-/m0/s1. The topological polar surface area (TPSA) is 257 Å². The minimum absolute atomic E-state index is 0.192. The lowest BCUT2D eigenvalue weighted by molar-refractivity contribution is -0.698. The number of rotatable bonds is 20. The van der Waals surface area contributed by atoms with E-state index in [2.05, 4.69) is 0 Å². The van der Waals surface area contributed by atoms with Crippen LogP contribution in [0.2, 0.25) is 0 Å². The van der Waals surface area contributed by atoms with Crippen molar-refractivity contribution in [2.24, 2.45) is 22.9 Å². The van der Waals surface area contributed by atoms with E-state index in [1.807, 2.05) is 17.0 Å². The number of aromatic nitrogens is 1. The van der Waals surface area contributed by atoms with Gasteiger partial charge in [0.15, 0.2) is 12.4 Å². The summed E-state index contributed by atoms with van der Waals surface area (Å²) in [6, 6.07) is -3.99. The zero-order valence-corrected chi connectivity index (χ0v) is 21.6. The predicted octanol–water partition coefficient (Wildman–Crippen LogP) is -0.630. The highest BCUT2D eigenvalue weighted by molar-refractivity contribution is 5.74. The van der Waals surface area contributed by atoms with Crippen LogP contribution in [-0.4, -0.2) is 68.5 Å². The summed E-state index contributed by atoms with van der Waals surface area (Å²) in [5, 5.41) is 36.4. The van der Waals surface area contributed by atoms with Crippen LogP contribution >= 0.6 is 0 Å². The van der Waals surface area contributed by atoms with Crippen molar-refractivity contribution in [3.63, 3.8) is 0 Å². The van der Waals surface area contributed by atoms with Gasteiger partial charge in [-0.15, -0.1) is 0 Å². The first-order valence-corrected chi connectivity index (χ1v) is 12.8. The van der Waals surface area contributed by atoms with Crippen molar-refractivity contribution < 1.29 is 44.2 Å². The maximum absolute atomic E-state index is 11.3. The lowest BCUT2D eigenvalue weighted by Gasteiger charge is -2.16. The molecule has 0 aliphatic heterocycles. The quantitative estimate of drug-likeness (QED) is 0.0759. The fraction of sp³-hybridized carbons (Fsp3) is 0.640. The molecule has 0 saturated carbocycles. The Bertz CT molecular complexity index is 913. The Labute approximate surface area is 221 Å². The summed E-state index contributed by atoms with van der Waals surface area (Å²) in [7, 11) is 0. The molecule has 4 atom stereocenters. The molecule has 0 aromatic carbocycles. The number of carboxylic acids is 4. The third kappa shape index (κ3) is 11.9. The molecule has 0 radical (unpaired) electrons. The van der Waals surface area contributed by atoms with Gasteiger partial charge >= 0.3 is 23.9 Å². The van der Waals surface area contributed by atoms with Crippen LogP contribution in [0, 0.1) is 0 Å². The molecule has 214 valence electrons. The minimum atomic E-state index is -1.11. The Balaban J connectivity index is 3.19. The molecule has 0 spiro atoms. The van der Waals surface area contributed by atoms with Crippen molar-refractivity contribution >= 4 is 23.9 Å². The van der Waals surface area contributed by atoms with Crippen LogP contribution < -0.4 is 27.5 Å². The Kier molecular flexibility index (Phi) is 14.4.